The Kier molecular flexibility index (Phi) is 8.64. The largest absolute Gasteiger partial charge is 0.456 e. The Morgan fingerprint density at radius 3 is 2.15 bits per heavy atom. The number of benzene rings is 1. The van der Waals surface area contributed by atoms with Gasteiger partial charge in [-0.1, -0.05) is 39.0 Å². The van der Waals surface area contributed by atoms with Gasteiger partial charge in [0.15, 0.2) is 12.2 Å². The molecule has 10 heteroatoms. The zero-order valence-electron chi connectivity index (χ0n) is 19.4. The fourth-order valence-corrected chi connectivity index (χ4v) is 3.54. The third-order valence-corrected chi connectivity index (χ3v) is 5.32. The minimum absolute atomic E-state index is 0.0281. The van der Waals surface area contributed by atoms with E-state index in [1.807, 2.05) is 24.3 Å². The van der Waals surface area contributed by atoms with Gasteiger partial charge in [-0.2, -0.15) is 0 Å². The summed E-state index contributed by atoms with van der Waals surface area (Å²) in [6.45, 7) is 4.59. The second-order valence-corrected chi connectivity index (χ2v) is 7.73. The number of nitrogens with one attached hydrogen (secondary N) is 1. The summed E-state index contributed by atoms with van der Waals surface area (Å²) in [5.74, 6) is -2.38. The molecule has 1 aromatic carbocycles. The number of ether oxygens (including phenoxy) is 5. The van der Waals surface area contributed by atoms with Crippen LogP contribution in [0.25, 0.3) is 10.9 Å². The molecule has 0 amide bonds. The molecule has 1 saturated heterocycles. The lowest BCUT2D eigenvalue weighted by atomic mass is 10.0. The van der Waals surface area contributed by atoms with E-state index in [1.165, 1.54) is 0 Å². The zero-order valence-corrected chi connectivity index (χ0v) is 19.4. The Morgan fingerprint density at radius 1 is 0.853 bits per heavy atom. The normalized spacial score (nSPS) is 22.1. The third kappa shape index (κ3) is 6.13. The predicted octanol–water partition coefficient (Wildman–Crippen LogP) is 2.58. The average Bonchev–Trinajstić information content (AvgIpc) is 3.24. The highest BCUT2D eigenvalue weighted by atomic mass is 16.7. The van der Waals surface area contributed by atoms with E-state index < -0.39 is 48.5 Å². The maximum Gasteiger partial charge on any atom is 0.312 e. The SMILES string of the molecule is CCC(=O)O[C@@H]1[C@@H](OC(=O)CC)[C@@H](OC(=O)Cc2c[nH]c3ccccc23)OC[C@H]1OC(=O)CC. The van der Waals surface area contributed by atoms with Gasteiger partial charge in [0.25, 0.3) is 0 Å². The van der Waals surface area contributed by atoms with E-state index in [9.17, 15) is 19.2 Å². The van der Waals surface area contributed by atoms with E-state index in [1.54, 1.807) is 27.0 Å². The van der Waals surface area contributed by atoms with Crippen LogP contribution in [0.15, 0.2) is 30.5 Å². The maximum atomic E-state index is 12.8. The molecule has 0 spiro atoms. The summed E-state index contributed by atoms with van der Waals surface area (Å²) in [5.41, 5.74) is 1.60. The molecule has 0 saturated carbocycles. The number of fused-ring (bicyclic) bond motifs is 1. The Bertz CT molecular complexity index is 1030. The van der Waals surface area contributed by atoms with Crippen LogP contribution in [0.5, 0.6) is 0 Å². The molecular weight excluding hydrogens is 446 g/mol. The average molecular weight is 475 g/mol. The molecule has 2 aromatic rings. The second kappa shape index (κ2) is 11.6. The molecule has 0 bridgehead atoms. The molecule has 4 atom stereocenters. The highest BCUT2D eigenvalue weighted by Crippen LogP contribution is 2.27. The number of hydrogen-bond acceptors (Lipinski definition) is 9. The molecule has 1 aliphatic heterocycles. The second-order valence-electron chi connectivity index (χ2n) is 7.73. The zero-order chi connectivity index (χ0) is 24.7. The van der Waals surface area contributed by atoms with E-state index in [4.69, 9.17) is 23.7 Å². The Labute approximate surface area is 196 Å². The molecule has 3 rings (SSSR count). The van der Waals surface area contributed by atoms with Crippen molar-refractivity contribution in [1.29, 1.82) is 0 Å². The van der Waals surface area contributed by atoms with Crippen LogP contribution in [-0.4, -0.2) is 60.1 Å². The van der Waals surface area contributed by atoms with Gasteiger partial charge in [0.1, 0.15) is 0 Å². The van der Waals surface area contributed by atoms with Gasteiger partial charge in [-0.25, -0.2) is 0 Å². The van der Waals surface area contributed by atoms with Gasteiger partial charge in [0, 0.05) is 36.4 Å². The lowest BCUT2D eigenvalue weighted by molar-refractivity contribution is -0.275. The monoisotopic (exact) mass is 475 g/mol. The lowest BCUT2D eigenvalue weighted by Gasteiger charge is -2.40. The van der Waals surface area contributed by atoms with Crippen LogP contribution in [0.2, 0.25) is 0 Å². The van der Waals surface area contributed by atoms with Crippen LogP contribution in [-0.2, 0) is 49.3 Å². The Morgan fingerprint density at radius 2 is 1.47 bits per heavy atom. The van der Waals surface area contributed by atoms with Crippen molar-refractivity contribution >= 4 is 34.8 Å². The van der Waals surface area contributed by atoms with Crippen molar-refractivity contribution < 1.29 is 42.9 Å². The van der Waals surface area contributed by atoms with Crippen molar-refractivity contribution in [2.24, 2.45) is 0 Å². The fraction of sp³-hybridized carbons (Fsp3) is 0.500. The summed E-state index contributed by atoms with van der Waals surface area (Å²) in [5, 5.41) is 0.874. The number of rotatable bonds is 9. The van der Waals surface area contributed by atoms with Gasteiger partial charge in [-0.3, -0.25) is 19.2 Å². The van der Waals surface area contributed by atoms with Crippen LogP contribution in [0.4, 0.5) is 0 Å². The van der Waals surface area contributed by atoms with Gasteiger partial charge in [-0.15, -0.1) is 0 Å². The number of para-hydroxylation sites is 1. The predicted molar refractivity (Wildman–Crippen MR) is 118 cm³/mol. The standard InChI is InChI=1S/C24H29NO9/c1-4-18(26)31-17-13-30-24(23(33-20(28)6-3)22(17)32-19(27)5-2)34-21(29)11-14-12-25-16-10-8-7-9-15(14)16/h7-10,12,17,22-25H,4-6,11,13H2,1-3H3/t17-,22+,23-,24-/m1/s1. The molecule has 1 aromatic heterocycles. The van der Waals surface area contributed by atoms with E-state index in [0.717, 1.165) is 16.5 Å². The van der Waals surface area contributed by atoms with Gasteiger partial charge < -0.3 is 28.7 Å². The lowest BCUT2D eigenvalue weighted by Crippen LogP contribution is -2.58. The number of esters is 4. The summed E-state index contributed by atoms with van der Waals surface area (Å²) >= 11 is 0. The van der Waals surface area contributed by atoms with Crippen molar-refractivity contribution in [2.45, 2.75) is 71.1 Å². The number of H-pyrrole nitrogens is 1. The topological polar surface area (TPSA) is 130 Å². The van der Waals surface area contributed by atoms with Crippen LogP contribution in [0.1, 0.15) is 45.6 Å². The van der Waals surface area contributed by atoms with E-state index in [-0.39, 0.29) is 32.3 Å². The van der Waals surface area contributed by atoms with E-state index in [0.29, 0.717) is 0 Å². The van der Waals surface area contributed by atoms with E-state index >= 15 is 0 Å². The molecule has 1 fully saturated rings. The van der Waals surface area contributed by atoms with Crippen molar-refractivity contribution in [2.75, 3.05) is 6.61 Å². The van der Waals surface area contributed by atoms with Crippen LogP contribution in [0.3, 0.4) is 0 Å². The van der Waals surface area contributed by atoms with Crippen molar-refractivity contribution in [3.63, 3.8) is 0 Å². The molecule has 0 aliphatic carbocycles. The first-order valence-corrected chi connectivity index (χ1v) is 11.3. The summed E-state index contributed by atoms with van der Waals surface area (Å²) in [4.78, 5) is 52.0. The van der Waals surface area contributed by atoms with Gasteiger partial charge in [0.2, 0.25) is 12.4 Å². The van der Waals surface area contributed by atoms with Gasteiger partial charge in [-0.05, 0) is 11.6 Å². The summed E-state index contributed by atoms with van der Waals surface area (Å²) < 4.78 is 27.4. The summed E-state index contributed by atoms with van der Waals surface area (Å²) in [6.07, 6.45) is -3.06. The number of carbonyl (C=O) groups is 4. The highest BCUT2D eigenvalue weighted by Gasteiger charge is 2.49. The van der Waals surface area contributed by atoms with Crippen molar-refractivity contribution in [1.82, 2.24) is 4.98 Å². The quantitative estimate of drug-likeness (QED) is 0.429. The van der Waals surface area contributed by atoms with Crippen molar-refractivity contribution in [3.8, 4) is 0 Å². The Balaban J connectivity index is 1.80. The third-order valence-electron chi connectivity index (χ3n) is 5.32. The van der Waals surface area contributed by atoms with Crippen LogP contribution < -0.4 is 0 Å². The number of carbonyl (C=O) groups excluding carboxylic acids is 4. The summed E-state index contributed by atoms with van der Waals surface area (Å²) in [6, 6.07) is 7.51. The molecule has 184 valence electrons. The molecule has 34 heavy (non-hydrogen) atoms. The van der Waals surface area contributed by atoms with Gasteiger partial charge in [0.05, 0.1) is 13.0 Å². The first-order valence-electron chi connectivity index (χ1n) is 11.3. The minimum Gasteiger partial charge on any atom is -0.456 e. The van der Waals surface area contributed by atoms with Gasteiger partial charge >= 0.3 is 23.9 Å². The summed E-state index contributed by atoms with van der Waals surface area (Å²) in [7, 11) is 0. The molecule has 2 heterocycles. The molecule has 0 radical (unpaired) electrons. The smallest absolute Gasteiger partial charge is 0.312 e. The van der Waals surface area contributed by atoms with E-state index in [2.05, 4.69) is 4.98 Å². The molecular formula is C24H29NO9. The fourth-order valence-electron chi connectivity index (χ4n) is 3.54. The van der Waals surface area contributed by atoms with Crippen molar-refractivity contribution in [3.05, 3.63) is 36.0 Å². The highest BCUT2D eigenvalue weighted by molar-refractivity contribution is 5.87. The first-order chi connectivity index (χ1) is 16.4. The molecule has 1 aliphatic rings. The minimum atomic E-state index is -1.35. The first kappa shape index (κ1) is 25.2. The Hall–Kier alpha value is -3.40. The maximum absolute atomic E-state index is 12.8. The van der Waals surface area contributed by atoms with Crippen LogP contribution >= 0.6 is 0 Å². The molecule has 0 unspecified atom stereocenters. The number of aromatic nitrogens is 1. The van der Waals surface area contributed by atoms with Crippen LogP contribution in [0, 0.1) is 0 Å². The number of hydrogen-bond donors (Lipinski definition) is 1. The number of aromatic amines is 1. The molecule has 10 nitrogen and oxygen atoms in total. The molecule has 1 N–H and O–H groups in total.